The van der Waals surface area contributed by atoms with E-state index < -0.39 is 5.97 Å². The van der Waals surface area contributed by atoms with Crippen molar-refractivity contribution in [2.24, 2.45) is 0 Å². The van der Waals surface area contributed by atoms with E-state index in [0.717, 1.165) is 6.42 Å². The van der Waals surface area contributed by atoms with E-state index in [1.54, 1.807) is 36.5 Å². The van der Waals surface area contributed by atoms with Gasteiger partial charge < -0.3 is 9.57 Å². The molecule has 0 saturated heterocycles. The van der Waals surface area contributed by atoms with Crippen molar-refractivity contribution < 1.29 is 14.4 Å². The largest absolute Gasteiger partial charge is 0.458 e. The second-order valence-corrected chi connectivity index (χ2v) is 5.61. The first-order valence-corrected chi connectivity index (χ1v) is 8.42. The molecule has 0 atom stereocenters. The van der Waals surface area contributed by atoms with Gasteiger partial charge in [-0.3, -0.25) is 9.78 Å². The Morgan fingerprint density at radius 3 is 2.77 bits per heavy atom. The van der Waals surface area contributed by atoms with E-state index in [1.807, 2.05) is 13.0 Å². The number of carbonyl (C=O) groups is 1. The zero-order chi connectivity index (χ0) is 18.4. The van der Waals surface area contributed by atoms with Gasteiger partial charge in [0, 0.05) is 18.8 Å². The van der Waals surface area contributed by atoms with Crippen LogP contribution in [0.1, 0.15) is 29.5 Å². The predicted octanol–water partition coefficient (Wildman–Crippen LogP) is 2.03. The van der Waals surface area contributed by atoms with Crippen LogP contribution in [-0.4, -0.2) is 33.9 Å². The molecule has 0 aliphatic carbocycles. The van der Waals surface area contributed by atoms with Gasteiger partial charge in [-0.2, -0.15) is 0 Å². The molecule has 134 valence electrons. The number of hydrogen-bond acceptors (Lipinski definition) is 6. The number of esters is 1. The molecule has 0 radical (unpaired) electrons. The third kappa shape index (κ3) is 3.88. The quantitative estimate of drug-likeness (QED) is 0.477. The van der Waals surface area contributed by atoms with Crippen LogP contribution in [-0.2, 0) is 11.2 Å². The van der Waals surface area contributed by atoms with Crippen molar-refractivity contribution in [1.29, 1.82) is 0 Å². The molecule has 0 fully saturated rings. The first kappa shape index (κ1) is 17.6. The summed E-state index contributed by atoms with van der Waals surface area (Å²) in [6.07, 6.45) is 4.44. The van der Waals surface area contributed by atoms with Crippen LogP contribution in [0.4, 0.5) is 0 Å². The fourth-order valence-electron chi connectivity index (χ4n) is 2.51. The first-order valence-electron chi connectivity index (χ1n) is 8.42. The highest BCUT2D eigenvalue weighted by Gasteiger charge is 2.12. The number of para-hydroxylation sites is 1. The summed E-state index contributed by atoms with van der Waals surface area (Å²) in [4.78, 5) is 38.5. The minimum absolute atomic E-state index is 0.0125. The Morgan fingerprint density at radius 2 is 2.00 bits per heavy atom. The minimum atomic E-state index is -0.487. The molecule has 0 spiro atoms. The zero-order valence-corrected chi connectivity index (χ0v) is 14.4. The molecule has 1 aromatic carbocycles. The topological polar surface area (TPSA) is 83.3 Å². The van der Waals surface area contributed by atoms with Gasteiger partial charge in [0.15, 0.2) is 0 Å². The number of ether oxygens (including phenoxy) is 1. The number of nitrogens with zero attached hydrogens (tertiary/aromatic N) is 3. The summed E-state index contributed by atoms with van der Waals surface area (Å²) in [5.41, 5.74) is 0.741. The molecule has 3 rings (SSSR count). The number of fused-ring (bicyclic) bond motifs is 1. The smallest absolute Gasteiger partial charge is 0.339 e. The zero-order valence-electron chi connectivity index (χ0n) is 14.4. The van der Waals surface area contributed by atoms with E-state index in [0.29, 0.717) is 28.7 Å². The lowest BCUT2D eigenvalue weighted by molar-refractivity contribution is 0.0241. The lowest BCUT2D eigenvalue weighted by atomic mass is 10.2. The van der Waals surface area contributed by atoms with Gasteiger partial charge in [0.05, 0.1) is 16.5 Å². The maximum atomic E-state index is 12.7. The third-order valence-corrected chi connectivity index (χ3v) is 3.71. The Kier molecular flexibility index (Phi) is 5.58. The fraction of sp³-hybridized carbons (Fsp3) is 0.263. The highest BCUT2D eigenvalue weighted by atomic mass is 16.7. The van der Waals surface area contributed by atoms with Gasteiger partial charge in [-0.05, 0) is 30.7 Å². The monoisotopic (exact) mass is 353 g/mol. The van der Waals surface area contributed by atoms with Gasteiger partial charge in [0.2, 0.25) is 0 Å². The van der Waals surface area contributed by atoms with Gasteiger partial charge >= 0.3 is 5.97 Å². The minimum Gasteiger partial charge on any atom is -0.458 e. The second-order valence-electron chi connectivity index (χ2n) is 5.61. The van der Waals surface area contributed by atoms with Gasteiger partial charge in [0.1, 0.15) is 19.0 Å². The average molecular weight is 353 g/mol. The van der Waals surface area contributed by atoms with Gasteiger partial charge in [-0.15, -0.1) is 4.73 Å². The summed E-state index contributed by atoms with van der Waals surface area (Å²) in [5.74, 6) is 0.0641. The van der Waals surface area contributed by atoms with Crippen LogP contribution in [0, 0.1) is 0 Å². The number of carbonyl (C=O) groups excluding carboxylic acids is 1. The molecule has 0 saturated carbocycles. The van der Waals surface area contributed by atoms with Gasteiger partial charge in [-0.25, -0.2) is 9.78 Å². The number of pyridine rings is 1. The third-order valence-electron chi connectivity index (χ3n) is 3.71. The van der Waals surface area contributed by atoms with Crippen LogP contribution in [0.5, 0.6) is 0 Å². The molecule has 0 aliphatic rings. The Hall–Kier alpha value is -3.22. The molecule has 7 nitrogen and oxygen atoms in total. The van der Waals surface area contributed by atoms with E-state index in [1.165, 1.54) is 10.9 Å². The van der Waals surface area contributed by atoms with Crippen LogP contribution in [0.2, 0.25) is 0 Å². The van der Waals surface area contributed by atoms with E-state index in [4.69, 9.17) is 9.57 Å². The van der Waals surface area contributed by atoms with E-state index in [-0.39, 0.29) is 18.8 Å². The van der Waals surface area contributed by atoms with E-state index >= 15 is 0 Å². The van der Waals surface area contributed by atoms with Crippen LogP contribution in [0.15, 0.2) is 53.6 Å². The molecular weight excluding hydrogens is 334 g/mol. The van der Waals surface area contributed by atoms with Crippen LogP contribution >= 0.6 is 0 Å². The predicted molar refractivity (Wildman–Crippen MR) is 96.0 cm³/mol. The highest BCUT2D eigenvalue weighted by molar-refractivity contribution is 5.88. The Balaban J connectivity index is 1.70. The summed E-state index contributed by atoms with van der Waals surface area (Å²) in [7, 11) is 0. The first-order chi connectivity index (χ1) is 12.7. The van der Waals surface area contributed by atoms with Crippen LogP contribution in [0.25, 0.3) is 10.9 Å². The summed E-state index contributed by atoms with van der Waals surface area (Å²) >= 11 is 0. The van der Waals surface area contributed by atoms with Crippen molar-refractivity contribution in [2.45, 2.75) is 19.8 Å². The summed E-state index contributed by atoms with van der Waals surface area (Å²) in [6, 6.07) is 10.4. The summed E-state index contributed by atoms with van der Waals surface area (Å²) < 4.78 is 6.34. The molecule has 0 aliphatic heterocycles. The van der Waals surface area contributed by atoms with Gasteiger partial charge in [-0.1, -0.05) is 19.1 Å². The van der Waals surface area contributed by atoms with Crippen LogP contribution in [0.3, 0.4) is 0 Å². The van der Waals surface area contributed by atoms with Gasteiger partial charge in [0.25, 0.3) is 5.56 Å². The molecule has 2 heterocycles. The van der Waals surface area contributed by atoms with Crippen molar-refractivity contribution >= 4 is 16.9 Å². The van der Waals surface area contributed by atoms with Crippen molar-refractivity contribution in [2.75, 3.05) is 13.2 Å². The number of hydrogen-bond donors (Lipinski definition) is 0. The molecule has 0 N–H and O–H groups in total. The maximum Gasteiger partial charge on any atom is 0.339 e. The Labute approximate surface area is 150 Å². The molecule has 2 aromatic heterocycles. The van der Waals surface area contributed by atoms with Crippen molar-refractivity contribution in [3.63, 3.8) is 0 Å². The molecule has 3 aromatic rings. The highest BCUT2D eigenvalue weighted by Crippen LogP contribution is 2.08. The number of benzene rings is 1. The molecule has 7 heteroatoms. The normalized spacial score (nSPS) is 10.7. The van der Waals surface area contributed by atoms with Crippen molar-refractivity contribution in [1.82, 2.24) is 14.7 Å². The number of rotatable bonds is 7. The number of aromatic nitrogens is 3. The SMILES string of the molecule is CCCc1nc2ccccc2c(=O)n1OCCOC(=O)c1cccnc1. The van der Waals surface area contributed by atoms with Crippen molar-refractivity contribution in [3.8, 4) is 0 Å². The molecule has 0 unspecified atom stereocenters. The molecular formula is C19H19N3O4. The fourth-order valence-corrected chi connectivity index (χ4v) is 2.51. The Bertz CT molecular complexity index is 954. The molecule has 26 heavy (non-hydrogen) atoms. The lowest BCUT2D eigenvalue weighted by Gasteiger charge is -2.14. The van der Waals surface area contributed by atoms with Crippen LogP contribution < -0.4 is 10.4 Å². The summed E-state index contributed by atoms with van der Waals surface area (Å²) in [6.45, 7) is 2.06. The average Bonchev–Trinajstić information content (AvgIpc) is 2.68. The standard InChI is InChI=1S/C19H19N3O4/c1-2-6-17-21-16-9-4-3-8-15(16)18(23)22(17)26-12-11-25-19(24)14-7-5-10-20-13-14/h3-5,7-10,13H,2,6,11-12H2,1H3. The lowest BCUT2D eigenvalue weighted by Crippen LogP contribution is -2.33. The molecule has 0 bridgehead atoms. The summed E-state index contributed by atoms with van der Waals surface area (Å²) in [5, 5.41) is 0.486. The second kappa shape index (κ2) is 8.24. The van der Waals surface area contributed by atoms with E-state index in [2.05, 4.69) is 9.97 Å². The maximum absolute atomic E-state index is 12.7. The Morgan fingerprint density at radius 1 is 1.15 bits per heavy atom. The number of aryl methyl sites for hydroxylation is 1. The van der Waals surface area contributed by atoms with Crippen molar-refractivity contribution in [3.05, 3.63) is 70.5 Å². The van der Waals surface area contributed by atoms with E-state index in [9.17, 15) is 9.59 Å². The molecule has 0 amide bonds.